The molecule has 1 saturated carbocycles. The van der Waals surface area contributed by atoms with Crippen molar-refractivity contribution in [1.29, 1.82) is 5.26 Å². The van der Waals surface area contributed by atoms with Gasteiger partial charge in [0.1, 0.15) is 11.9 Å². The van der Waals surface area contributed by atoms with Crippen molar-refractivity contribution in [3.63, 3.8) is 0 Å². The maximum Gasteiger partial charge on any atom is 0.417 e. The Hall–Kier alpha value is -1.70. The van der Waals surface area contributed by atoms with Gasteiger partial charge in [0.15, 0.2) is 0 Å². The standard InChI is InChI=1S/C16H18F3NO/c1-2-11-5-3-4-6-15(11)21-13-7-8-14(16(17,18)19)12(9-13)10-20/h7-9,11,15H,2-6H2,1H3. The van der Waals surface area contributed by atoms with Crippen molar-refractivity contribution in [2.75, 3.05) is 0 Å². The molecule has 1 fully saturated rings. The van der Waals surface area contributed by atoms with Gasteiger partial charge >= 0.3 is 6.18 Å². The van der Waals surface area contributed by atoms with Crippen LogP contribution in [0.4, 0.5) is 13.2 Å². The van der Waals surface area contributed by atoms with Gasteiger partial charge in [0, 0.05) is 0 Å². The van der Waals surface area contributed by atoms with Gasteiger partial charge in [-0.2, -0.15) is 18.4 Å². The zero-order valence-corrected chi connectivity index (χ0v) is 11.9. The summed E-state index contributed by atoms with van der Waals surface area (Å²) < 4.78 is 44.1. The van der Waals surface area contributed by atoms with Gasteiger partial charge < -0.3 is 4.74 Å². The molecule has 5 heteroatoms. The summed E-state index contributed by atoms with van der Waals surface area (Å²) in [6.07, 6.45) is 0.777. The summed E-state index contributed by atoms with van der Waals surface area (Å²) in [5.41, 5.74) is -1.29. The van der Waals surface area contributed by atoms with E-state index in [4.69, 9.17) is 10.00 Å². The molecule has 0 heterocycles. The zero-order valence-electron chi connectivity index (χ0n) is 11.9. The van der Waals surface area contributed by atoms with E-state index in [-0.39, 0.29) is 11.7 Å². The summed E-state index contributed by atoms with van der Waals surface area (Å²) in [5.74, 6) is 0.788. The van der Waals surface area contributed by atoms with Gasteiger partial charge in [-0.05, 0) is 49.8 Å². The third-order valence-corrected chi connectivity index (χ3v) is 4.07. The lowest BCUT2D eigenvalue weighted by molar-refractivity contribution is -0.137. The molecule has 2 nitrogen and oxygen atoms in total. The molecular formula is C16H18F3NO. The van der Waals surface area contributed by atoms with E-state index in [2.05, 4.69) is 6.92 Å². The SMILES string of the molecule is CCC1CCCCC1Oc1ccc(C(F)(F)F)c(C#N)c1. The van der Waals surface area contributed by atoms with Crippen molar-refractivity contribution in [2.24, 2.45) is 5.92 Å². The molecule has 0 saturated heterocycles. The van der Waals surface area contributed by atoms with Gasteiger partial charge in [-0.25, -0.2) is 0 Å². The van der Waals surface area contributed by atoms with Gasteiger partial charge in [0.05, 0.1) is 17.2 Å². The first-order chi connectivity index (χ1) is 9.95. The molecule has 0 aliphatic heterocycles. The summed E-state index contributed by atoms with van der Waals surface area (Å²) in [4.78, 5) is 0. The Morgan fingerprint density at radius 1 is 1.29 bits per heavy atom. The number of benzene rings is 1. The molecule has 0 bridgehead atoms. The summed E-state index contributed by atoms with van der Waals surface area (Å²) in [6, 6.07) is 5.04. The maximum atomic E-state index is 12.8. The van der Waals surface area contributed by atoms with Crippen LogP contribution in [0.5, 0.6) is 5.75 Å². The van der Waals surface area contributed by atoms with E-state index in [9.17, 15) is 13.2 Å². The van der Waals surface area contributed by atoms with E-state index in [0.717, 1.165) is 31.7 Å². The Morgan fingerprint density at radius 3 is 2.62 bits per heavy atom. The summed E-state index contributed by atoms with van der Waals surface area (Å²) in [6.45, 7) is 2.10. The summed E-state index contributed by atoms with van der Waals surface area (Å²) in [5, 5.41) is 8.90. The minimum atomic E-state index is -4.51. The van der Waals surface area contributed by atoms with Crippen LogP contribution in [0.3, 0.4) is 0 Å². The second-order valence-electron chi connectivity index (χ2n) is 5.43. The van der Waals surface area contributed by atoms with Gasteiger partial charge in [-0.3, -0.25) is 0 Å². The Kier molecular flexibility index (Phi) is 4.76. The van der Waals surface area contributed by atoms with E-state index >= 15 is 0 Å². The molecule has 0 amide bonds. The molecule has 21 heavy (non-hydrogen) atoms. The monoisotopic (exact) mass is 297 g/mol. The molecule has 1 aliphatic carbocycles. The number of nitrogens with zero attached hydrogens (tertiary/aromatic N) is 1. The lowest BCUT2D eigenvalue weighted by Crippen LogP contribution is -2.29. The van der Waals surface area contributed by atoms with Crippen LogP contribution in [0.1, 0.15) is 50.2 Å². The van der Waals surface area contributed by atoms with E-state index in [1.54, 1.807) is 6.07 Å². The molecule has 114 valence electrons. The van der Waals surface area contributed by atoms with Crippen LogP contribution >= 0.6 is 0 Å². The Morgan fingerprint density at radius 2 is 2.00 bits per heavy atom. The minimum absolute atomic E-state index is 0.0343. The number of alkyl halides is 3. The number of hydrogen-bond donors (Lipinski definition) is 0. The predicted molar refractivity (Wildman–Crippen MR) is 72.8 cm³/mol. The average Bonchev–Trinajstić information content (AvgIpc) is 2.46. The van der Waals surface area contributed by atoms with Gasteiger partial charge in [-0.15, -0.1) is 0 Å². The fourth-order valence-electron chi connectivity index (χ4n) is 2.91. The number of rotatable bonds is 3. The minimum Gasteiger partial charge on any atom is -0.490 e. The van der Waals surface area contributed by atoms with E-state index in [1.807, 2.05) is 0 Å². The van der Waals surface area contributed by atoms with E-state index in [0.29, 0.717) is 11.7 Å². The second-order valence-corrected chi connectivity index (χ2v) is 5.43. The third kappa shape index (κ3) is 3.69. The molecular weight excluding hydrogens is 279 g/mol. The zero-order chi connectivity index (χ0) is 15.5. The highest BCUT2D eigenvalue weighted by Gasteiger charge is 2.34. The Balaban J connectivity index is 2.20. The quantitative estimate of drug-likeness (QED) is 0.793. The number of halogens is 3. The van der Waals surface area contributed by atoms with E-state index < -0.39 is 11.7 Å². The smallest absolute Gasteiger partial charge is 0.417 e. The molecule has 0 aromatic heterocycles. The first-order valence-electron chi connectivity index (χ1n) is 7.23. The topological polar surface area (TPSA) is 33.0 Å². The van der Waals surface area contributed by atoms with Crippen LogP contribution < -0.4 is 4.74 Å². The van der Waals surface area contributed by atoms with E-state index in [1.165, 1.54) is 18.6 Å². The van der Waals surface area contributed by atoms with Gasteiger partial charge in [0.2, 0.25) is 0 Å². The molecule has 1 aromatic rings. The van der Waals surface area contributed by atoms with Crippen molar-refractivity contribution in [3.05, 3.63) is 29.3 Å². The molecule has 2 atom stereocenters. The van der Waals surface area contributed by atoms with Crippen molar-refractivity contribution in [2.45, 2.75) is 51.3 Å². The highest BCUT2D eigenvalue weighted by molar-refractivity contribution is 5.44. The van der Waals surface area contributed by atoms with Crippen molar-refractivity contribution >= 4 is 0 Å². The van der Waals surface area contributed by atoms with Crippen molar-refractivity contribution in [3.8, 4) is 11.8 Å². The van der Waals surface area contributed by atoms with Crippen LogP contribution in [-0.2, 0) is 6.18 Å². The van der Waals surface area contributed by atoms with Crippen LogP contribution in [0.15, 0.2) is 18.2 Å². The molecule has 0 radical (unpaired) electrons. The number of nitriles is 1. The average molecular weight is 297 g/mol. The lowest BCUT2D eigenvalue weighted by Gasteiger charge is -2.31. The predicted octanol–water partition coefficient (Wildman–Crippen LogP) is 4.92. The fourth-order valence-corrected chi connectivity index (χ4v) is 2.91. The summed E-state index contributed by atoms with van der Waals surface area (Å²) >= 11 is 0. The van der Waals surface area contributed by atoms with Gasteiger partial charge in [-0.1, -0.05) is 13.3 Å². The maximum absolute atomic E-state index is 12.8. The first-order valence-corrected chi connectivity index (χ1v) is 7.23. The largest absolute Gasteiger partial charge is 0.490 e. The fraction of sp³-hybridized carbons (Fsp3) is 0.562. The molecule has 1 aliphatic rings. The summed E-state index contributed by atoms with van der Waals surface area (Å²) in [7, 11) is 0. The molecule has 1 aromatic carbocycles. The third-order valence-electron chi connectivity index (χ3n) is 4.07. The Labute approximate surface area is 122 Å². The second kappa shape index (κ2) is 6.38. The molecule has 0 spiro atoms. The first kappa shape index (κ1) is 15.7. The number of ether oxygens (including phenoxy) is 1. The normalized spacial score (nSPS) is 22.6. The Bertz CT molecular complexity index is 533. The van der Waals surface area contributed by atoms with Crippen molar-refractivity contribution in [1.82, 2.24) is 0 Å². The molecule has 2 rings (SSSR count). The molecule has 2 unspecified atom stereocenters. The molecule has 0 N–H and O–H groups in total. The van der Waals surface area contributed by atoms with Gasteiger partial charge in [0.25, 0.3) is 0 Å². The van der Waals surface area contributed by atoms with Crippen LogP contribution in [0.2, 0.25) is 0 Å². The highest BCUT2D eigenvalue weighted by atomic mass is 19.4. The number of hydrogen-bond acceptors (Lipinski definition) is 2. The van der Waals surface area contributed by atoms with Crippen LogP contribution in [-0.4, -0.2) is 6.10 Å². The highest BCUT2D eigenvalue weighted by Crippen LogP contribution is 2.35. The van der Waals surface area contributed by atoms with Crippen LogP contribution in [0, 0.1) is 17.2 Å². The lowest BCUT2D eigenvalue weighted by atomic mass is 9.85. The van der Waals surface area contributed by atoms with Crippen molar-refractivity contribution < 1.29 is 17.9 Å². The van der Waals surface area contributed by atoms with Crippen LogP contribution in [0.25, 0.3) is 0 Å².